The van der Waals surface area contributed by atoms with Crippen LogP contribution < -0.4 is 10.6 Å². The quantitative estimate of drug-likeness (QED) is 0.932. The maximum Gasteiger partial charge on any atom is 0.265 e. The summed E-state index contributed by atoms with van der Waals surface area (Å²) in [7, 11) is 3.53. The molecule has 112 valence electrons. The molecule has 0 radical (unpaired) electrons. The van der Waals surface area contributed by atoms with Crippen molar-refractivity contribution in [1.29, 1.82) is 0 Å². The summed E-state index contributed by atoms with van der Waals surface area (Å²) in [6, 6.07) is 1.97. The lowest BCUT2D eigenvalue weighted by atomic mass is 9.98. The first kappa shape index (κ1) is 15.2. The van der Waals surface area contributed by atoms with Gasteiger partial charge in [0.1, 0.15) is 4.88 Å². The average Bonchev–Trinajstić information content (AvgIpc) is 2.66. The highest BCUT2D eigenvalue weighted by Gasteiger charge is 2.21. The SMILES string of the molecule is CCC1CCCN(c2cc(N)c(C(=O)N(C)C)s2)CC1. The molecule has 2 N–H and O–H groups in total. The van der Waals surface area contributed by atoms with Crippen LogP contribution in [-0.4, -0.2) is 38.0 Å². The largest absolute Gasteiger partial charge is 0.397 e. The van der Waals surface area contributed by atoms with Gasteiger partial charge < -0.3 is 15.5 Å². The molecule has 1 fully saturated rings. The summed E-state index contributed by atoms with van der Waals surface area (Å²) in [6.07, 6.45) is 5.06. The zero-order valence-electron chi connectivity index (χ0n) is 12.7. The summed E-state index contributed by atoms with van der Waals surface area (Å²) in [4.78, 5) is 16.7. The number of thiophene rings is 1. The zero-order chi connectivity index (χ0) is 14.7. The summed E-state index contributed by atoms with van der Waals surface area (Å²) in [5.74, 6) is 0.847. The van der Waals surface area contributed by atoms with Crippen molar-refractivity contribution in [1.82, 2.24) is 4.90 Å². The van der Waals surface area contributed by atoms with Gasteiger partial charge in [0.05, 0.1) is 10.7 Å². The smallest absolute Gasteiger partial charge is 0.265 e. The molecule has 0 spiro atoms. The van der Waals surface area contributed by atoms with E-state index in [1.807, 2.05) is 6.07 Å². The minimum Gasteiger partial charge on any atom is -0.397 e. The highest BCUT2D eigenvalue weighted by molar-refractivity contribution is 7.18. The molecule has 1 aromatic heterocycles. The molecule has 1 saturated heterocycles. The van der Waals surface area contributed by atoms with E-state index in [2.05, 4.69) is 11.8 Å². The summed E-state index contributed by atoms with van der Waals surface area (Å²) in [5.41, 5.74) is 6.63. The van der Waals surface area contributed by atoms with Gasteiger partial charge in [-0.1, -0.05) is 13.3 Å². The molecule has 1 unspecified atom stereocenters. The minimum atomic E-state index is 0.00000617. The van der Waals surface area contributed by atoms with Crippen molar-refractivity contribution in [2.24, 2.45) is 5.92 Å². The highest BCUT2D eigenvalue weighted by Crippen LogP contribution is 2.34. The molecule has 1 aliphatic rings. The molecule has 20 heavy (non-hydrogen) atoms. The lowest BCUT2D eigenvalue weighted by molar-refractivity contribution is 0.0833. The molecule has 0 saturated carbocycles. The van der Waals surface area contributed by atoms with Crippen molar-refractivity contribution in [2.75, 3.05) is 37.8 Å². The van der Waals surface area contributed by atoms with Crippen LogP contribution in [0.25, 0.3) is 0 Å². The number of hydrogen-bond acceptors (Lipinski definition) is 4. The maximum atomic E-state index is 12.1. The summed E-state index contributed by atoms with van der Waals surface area (Å²) >= 11 is 1.53. The van der Waals surface area contributed by atoms with E-state index in [4.69, 9.17) is 5.73 Å². The Morgan fingerprint density at radius 3 is 2.85 bits per heavy atom. The molecule has 0 aromatic carbocycles. The van der Waals surface area contributed by atoms with Crippen molar-refractivity contribution in [3.63, 3.8) is 0 Å². The second-order valence-electron chi connectivity index (χ2n) is 5.76. The Hall–Kier alpha value is -1.23. The van der Waals surface area contributed by atoms with E-state index in [-0.39, 0.29) is 5.91 Å². The van der Waals surface area contributed by atoms with Gasteiger partial charge in [-0.2, -0.15) is 0 Å². The number of carbonyl (C=O) groups excluding carboxylic acids is 1. The van der Waals surface area contributed by atoms with E-state index in [0.717, 1.165) is 24.0 Å². The van der Waals surface area contributed by atoms with E-state index < -0.39 is 0 Å². The Morgan fingerprint density at radius 1 is 1.45 bits per heavy atom. The second kappa shape index (κ2) is 6.48. The number of anilines is 2. The molecule has 0 aliphatic carbocycles. The van der Waals surface area contributed by atoms with Gasteiger partial charge in [0.25, 0.3) is 5.91 Å². The molecular formula is C15H25N3OS. The number of rotatable bonds is 3. The van der Waals surface area contributed by atoms with E-state index in [1.54, 1.807) is 19.0 Å². The third-order valence-corrected chi connectivity index (χ3v) is 5.28. The lowest BCUT2D eigenvalue weighted by Crippen LogP contribution is -2.23. The number of amides is 1. The first-order valence-corrected chi connectivity index (χ1v) is 8.20. The molecule has 1 amide bonds. The van der Waals surface area contributed by atoms with Gasteiger partial charge in [-0.25, -0.2) is 0 Å². The van der Waals surface area contributed by atoms with E-state index in [0.29, 0.717) is 10.6 Å². The Bertz CT molecular complexity index is 470. The van der Waals surface area contributed by atoms with Crippen LogP contribution in [0, 0.1) is 5.92 Å². The van der Waals surface area contributed by atoms with Gasteiger partial charge in [-0.05, 0) is 31.2 Å². The molecule has 1 atom stereocenters. The molecule has 1 aliphatic heterocycles. The maximum absolute atomic E-state index is 12.1. The predicted molar refractivity (Wildman–Crippen MR) is 86.6 cm³/mol. The molecular weight excluding hydrogens is 270 g/mol. The van der Waals surface area contributed by atoms with Crippen LogP contribution in [0.3, 0.4) is 0 Å². The Balaban J connectivity index is 2.13. The normalized spacial score (nSPS) is 19.8. The molecule has 1 aromatic rings. The molecule has 0 bridgehead atoms. The van der Waals surface area contributed by atoms with Crippen molar-refractivity contribution in [3.05, 3.63) is 10.9 Å². The number of carbonyl (C=O) groups is 1. The summed E-state index contributed by atoms with van der Waals surface area (Å²) in [6.45, 7) is 4.43. The number of hydrogen-bond donors (Lipinski definition) is 1. The van der Waals surface area contributed by atoms with Gasteiger partial charge in [0.15, 0.2) is 0 Å². The van der Waals surface area contributed by atoms with Gasteiger partial charge in [0, 0.05) is 27.2 Å². The van der Waals surface area contributed by atoms with E-state index in [9.17, 15) is 4.79 Å². The standard InChI is InChI=1S/C15H25N3OS/c1-4-11-6-5-8-18(9-7-11)13-10-12(16)14(20-13)15(19)17(2)3/h10-11H,4-9,16H2,1-3H3. The second-order valence-corrected chi connectivity index (χ2v) is 6.79. The fraction of sp³-hybridized carbons (Fsp3) is 0.667. The van der Waals surface area contributed by atoms with Crippen molar-refractivity contribution >= 4 is 27.9 Å². The lowest BCUT2D eigenvalue weighted by Gasteiger charge is -2.20. The third-order valence-electron chi connectivity index (χ3n) is 4.08. The summed E-state index contributed by atoms with van der Waals surface area (Å²) in [5, 5.41) is 1.14. The molecule has 5 heteroatoms. The van der Waals surface area contributed by atoms with E-state index in [1.165, 1.54) is 37.0 Å². The average molecular weight is 295 g/mol. The molecule has 2 heterocycles. The first-order chi connectivity index (χ1) is 9.52. The van der Waals surface area contributed by atoms with Crippen LogP contribution in [0.1, 0.15) is 42.3 Å². The number of nitrogen functional groups attached to an aromatic ring is 1. The fourth-order valence-electron chi connectivity index (χ4n) is 2.71. The third kappa shape index (κ3) is 3.26. The number of nitrogens with zero attached hydrogens (tertiary/aromatic N) is 2. The number of nitrogens with two attached hydrogens (primary N) is 1. The van der Waals surface area contributed by atoms with Crippen LogP contribution in [0.15, 0.2) is 6.07 Å². The van der Waals surface area contributed by atoms with Crippen LogP contribution in [-0.2, 0) is 0 Å². The van der Waals surface area contributed by atoms with Crippen LogP contribution >= 0.6 is 11.3 Å². The van der Waals surface area contributed by atoms with Gasteiger partial charge in [-0.15, -0.1) is 11.3 Å². The minimum absolute atomic E-state index is 0.00000617. The van der Waals surface area contributed by atoms with Gasteiger partial charge in [0.2, 0.25) is 0 Å². The predicted octanol–water partition coefficient (Wildman–Crippen LogP) is 3.05. The van der Waals surface area contributed by atoms with Crippen molar-refractivity contribution in [3.8, 4) is 0 Å². The van der Waals surface area contributed by atoms with Crippen LogP contribution in [0.4, 0.5) is 10.7 Å². The van der Waals surface area contributed by atoms with Crippen molar-refractivity contribution in [2.45, 2.75) is 32.6 Å². The Labute approximate surface area is 125 Å². The monoisotopic (exact) mass is 295 g/mol. The van der Waals surface area contributed by atoms with Gasteiger partial charge in [-0.3, -0.25) is 4.79 Å². The van der Waals surface area contributed by atoms with Crippen LogP contribution in [0.2, 0.25) is 0 Å². The van der Waals surface area contributed by atoms with Crippen molar-refractivity contribution < 1.29 is 4.79 Å². The topological polar surface area (TPSA) is 49.6 Å². The highest BCUT2D eigenvalue weighted by atomic mass is 32.1. The Morgan fingerprint density at radius 2 is 2.20 bits per heavy atom. The van der Waals surface area contributed by atoms with E-state index >= 15 is 0 Å². The zero-order valence-corrected chi connectivity index (χ0v) is 13.5. The summed E-state index contributed by atoms with van der Waals surface area (Å²) < 4.78 is 0. The Kier molecular flexibility index (Phi) is 4.91. The van der Waals surface area contributed by atoms with Crippen LogP contribution in [0.5, 0.6) is 0 Å². The molecule has 4 nitrogen and oxygen atoms in total. The molecule has 2 rings (SSSR count). The fourth-order valence-corrected chi connectivity index (χ4v) is 3.86. The van der Waals surface area contributed by atoms with Gasteiger partial charge >= 0.3 is 0 Å². The first-order valence-electron chi connectivity index (χ1n) is 7.38.